The number of aryl methyl sites for hydroxylation is 1. The van der Waals surface area contributed by atoms with Crippen molar-refractivity contribution < 1.29 is 4.79 Å². The van der Waals surface area contributed by atoms with Gasteiger partial charge in [-0.15, -0.1) is 11.3 Å². The molecule has 1 unspecified atom stereocenters. The lowest BCUT2D eigenvalue weighted by atomic mass is 10.2. The molecule has 0 spiro atoms. The van der Waals surface area contributed by atoms with Crippen molar-refractivity contribution in [2.24, 2.45) is 7.05 Å². The molecule has 1 amide bonds. The van der Waals surface area contributed by atoms with Gasteiger partial charge in [0.25, 0.3) is 11.5 Å². The number of nitrogens with zero attached hydrogens (tertiary/aromatic N) is 2. The first-order chi connectivity index (χ1) is 8.58. The summed E-state index contributed by atoms with van der Waals surface area (Å²) in [7, 11) is 1.64. The lowest BCUT2D eigenvalue weighted by Crippen LogP contribution is -2.28. The number of aromatic nitrogens is 2. The number of hydrogen-bond donors (Lipinski definition) is 1. The molecule has 0 saturated heterocycles. The minimum absolute atomic E-state index is 0.165. The van der Waals surface area contributed by atoms with Crippen LogP contribution in [0.5, 0.6) is 0 Å². The highest BCUT2D eigenvalue weighted by Gasteiger charge is 2.13. The molecule has 0 aromatic carbocycles. The Balaban J connectivity index is 2.12. The van der Waals surface area contributed by atoms with E-state index in [0.29, 0.717) is 5.56 Å². The molecule has 0 aliphatic carbocycles. The minimum atomic E-state index is -0.268. The highest BCUT2D eigenvalue weighted by Crippen LogP contribution is 2.15. The van der Waals surface area contributed by atoms with Crippen LogP contribution in [0.4, 0.5) is 0 Å². The van der Waals surface area contributed by atoms with Crippen LogP contribution >= 0.6 is 11.3 Å². The van der Waals surface area contributed by atoms with Gasteiger partial charge in [0.15, 0.2) is 0 Å². The molecule has 6 heteroatoms. The maximum Gasteiger partial charge on any atom is 0.252 e. The predicted molar refractivity (Wildman–Crippen MR) is 69.7 cm³/mol. The smallest absolute Gasteiger partial charge is 0.252 e. The van der Waals surface area contributed by atoms with Crippen LogP contribution < -0.4 is 10.9 Å². The van der Waals surface area contributed by atoms with E-state index in [1.807, 2.05) is 12.3 Å². The second kappa shape index (κ2) is 5.14. The van der Waals surface area contributed by atoms with Gasteiger partial charge in [0.2, 0.25) is 0 Å². The summed E-state index contributed by atoms with van der Waals surface area (Å²) in [4.78, 5) is 27.5. The first kappa shape index (κ1) is 12.5. The van der Waals surface area contributed by atoms with Crippen molar-refractivity contribution in [1.82, 2.24) is 14.9 Å². The van der Waals surface area contributed by atoms with Crippen LogP contribution in [0.1, 0.15) is 28.3 Å². The molecule has 2 rings (SSSR count). The van der Waals surface area contributed by atoms with Gasteiger partial charge in [-0.3, -0.25) is 9.59 Å². The standard InChI is InChI=1S/C12H13N3O2S/c1-8(12-13-4-6-18-12)14-11(17)9-3-5-15(2)10(16)7-9/h3-8H,1-2H3,(H,14,17). The Kier molecular flexibility index (Phi) is 3.57. The van der Waals surface area contributed by atoms with E-state index in [2.05, 4.69) is 10.3 Å². The molecule has 0 radical (unpaired) electrons. The number of carbonyl (C=O) groups is 1. The zero-order valence-electron chi connectivity index (χ0n) is 10.1. The van der Waals surface area contributed by atoms with Gasteiger partial charge in [-0.2, -0.15) is 0 Å². The quantitative estimate of drug-likeness (QED) is 0.908. The number of nitrogens with one attached hydrogen (secondary N) is 1. The summed E-state index contributed by atoms with van der Waals surface area (Å²) in [6.07, 6.45) is 3.27. The molecule has 5 nitrogen and oxygen atoms in total. The number of rotatable bonds is 3. The second-order valence-corrected chi connectivity index (χ2v) is 4.86. The Morgan fingerprint density at radius 2 is 2.33 bits per heavy atom. The number of carbonyl (C=O) groups excluding carboxylic acids is 1. The molecule has 18 heavy (non-hydrogen) atoms. The highest BCUT2D eigenvalue weighted by molar-refractivity contribution is 7.09. The lowest BCUT2D eigenvalue weighted by Gasteiger charge is -2.11. The number of thiazole rings is 1. The maximum absolute atomic E-state index is 11.9. The number of pyridine rings is 1. The number of hydrogen-bond acceptors (Lipinski definition) is 4. The zero-order valence-corrected chi connectivity index (χ0v) is 10.9. The van der Waals surface area contributed by atoms with Crippen LogP contribution in [-0.4, -0.2) is 15.5 Å². The van der Waals surface area contributed by atoms with Crippen LogP contribution in [0.3, 0.4) is 0 Å². The topological polar surface area (TPSA) is 64.0 Å². The fourth-order valence-electron chi connectivity index (χ4n) is 1.48. The van der Waals surface area contributed by atoms with Crippen molar-refractivity contribution in [3.8, 4) is 0 Å². The Labute approximate surface area is 108 Å². The molecule has 1 atom stereocenters. The van der Waals surface area contributed by atoms with E-state index in [0.717, 1.165) is 5.01 Å². The monoisotopic (exact) mass is 263 g/mol. The normalized spacial score (nSPS) is 12.1. The van der Waals surface area contributed by atoms with E-state index in [9.17, 15) is 9.59 Å². The van der Waals surface area contributed by atoms with Crippen molar-refractivity contribution in [1.29, 1.82) is 0 Å². The van der Waals surface area contributed by atoms with E-state index >= 15 is 0 Å². The predicted octanol–water partition coefficient (Wildman–Crippen LogP) is 1.33. The molecule has 2 heterocycles. The van der Waals surface area contributed by atoms with E-state index in [4.69, 9.17) is 0 Å². The summed E-state index contributed by atoms with van der Waals surface area (Å²) in [5.41, 5.74) is 0.158. The molecular weight excluding hydrogens is 250 g/mol. The van der Waals surface area contributed by atoms with E-state index < -0.39 is 0 Å². The Morgan fingerprint density at radius 3 is 2.94 bits per heavy atom. The molecule has 2 aromatic heterocycles. The third-order valence-electron chi connectivity index (χ3n) is 2.54. The Hall–Kier alpha value is -1.95. The van der Waals surface area contributed by atoms with Crippen LogP contribution in [0.2, 0.25) is 0 Å². The Bertz CT molecular complexity index is 604. The molecule has 0 fully saturated rings. The molecule has 0 saturated carbocycles. The summed E-state index contributed by atoms with van der Waals surface area (Å²) in [6, 6.07) is 2.77. The van der Waals surface area contributed by atoms with Crippen LogP contribution in [-0.2, 0) is 7.05 Å². The van der Waals surface area contributed by atoms with Crippen LogP contribution in [0.15, 0.2) is 34.7 Å². The average Bonchev–Trinajstić information content (AvgIpc) is 2.86. The summed E-state index contributed by atoms with van der Waals surface area (Å²) < 4.78 is 1.42. The SMILES string of the molecule is CC(NC(=O)c1ccn(C)c(=O)c1)c1nccs1. The largest absolute Gasteiger partial charge is 0.343 e. The minimum Gasteiger partial charge on any atom is -0.343 e. The summed E-state index contributed by atoms with van der Waals surface area (Å²) in [5.74, 6) is -0.268. The van der Waals surface area contributed by atoms with Crippen molar-refractivity contribution in [2.75, 3.05) is 0 Å². The second-order valence-electron chi connectivity index (χ2n) is 3.93. The van der Waals surface area contributed by atoms with Crippen LogP contribution in [0, 0.1) is 0 Å². The van der Waals surface area contributed by atoms with E-state index in [1.165, 1.54) is 22.0 Å². The van der Waals surface area contributed by atoms with Gasteiger partial charge in [0.1, 0.15) is 5.01 Å². The molecule has 0 aliphatic heterocycles. The first-order valence-corrected chi connectivity index (χ1v) is 6.33. The fraction of sp³-hybridized carbons (Fsp3) is 0.250. The number of amides is 1. The molecule has 0 aliphatic rings. The summed E-state index contributed by atoms with van der Waals surface area (Å²) in [6.45, 7) is 1.86. The van der Waals surface area contributed by atoms with Gasteiger partial charge in [0, 0.05) is 36.5 Å². The van der Waals surface area contributed by atoms with Gasteiger partial charge in [-0.25, -0.2) is 4.98 Å². The van der Waals surface area contributed by atoms with Gasteiger partial charge in [-0.05, 0) is 13.0 Å². The molecule has 2 aromatic rings. The maximum atomic E-state index is 11.9. The van der Waals surface area contributed by atoms with E-state index in [1.54, 1.807) is 25.5 Å². The molecule has 1 N–H and O–H groups in total. The third-order valence-corrected chi connectivity index (χ3v) is 3.49. The molecule has 94 valence electrons. The summed E-state index contributed by atoms with van der Waals surface area (Å²) in [5, 5.41) is 5.50. The van der Waals surface area contributed by atoms with Crippen molar-refractivity contribution in [2.45, 2.75) is 13.0 Å². The van der Waals surface area contributed by atoms with Crippen molar-refractivity contribution in [3.05, 3.63) is 50.8 Å². The fourth-order valence-corrected chi connectivity index (χ4v) is 2.13. The first-order valence-electron chi connectivity index (χ1n) is 5.45. The van der Waals surface area contributed by atoms with Crippen molar-refractivity contribution >= 4 is 17.2 Å². The van der Waals surface area contributed by atoms with Gasteiger partial charge < -0.3 is 9.88 Å². The lowest BCUT2D eigenvalue weighted by molar-refractivity contribution is 0.0939. The molecular formula is C12H13N3O2S. The average molecular weight is 263 g/mol. The van der Waals surface area contributed by atoms with Gasteiger partial charge >= 0.3 is 0 Å². The molecule has 0 bridgehead atoms. The Morgan fingerprint density at radius 1 is 1.56 bits per heavy atom. The van der Waals surface area contributed by atoms with Crippen LogP contribution in [0.25, 0.3) is 0 Å². The highest BCUT2D eigenvalue weighted by atomic mass is 32.1. The zero-order chi connectivity index (χ0) is 13.1. The van der Waals surface area contributed by atoms with Gasteiger partial charge in [-0.1, -0.05) is 0 Å². The van der Waals surface area contributed by atoms with Gasteiger partial charge in [0.05, 0.1) is 6.04 Å². The van der Waals surface area contributed by atoms with E-state index in [-0.39, 0.29) is 17.5 Å². The summed E-state index contributed by atoms with van der Waals surface area (Å²) >= 11 is 1.48. The van der Waals surface area contributed by atoms with Crippen molar-refractivity contribution in [3.63, 3.8) is 0 Å². The third kappa shape index (κ3) is 2.65.